The minimum atomic E-state index is -0.398. The van der Waals surface area contributed by atoms with Gasteiger partial charge in [-0.25, -0.2) is 4.79 Å². The van der Waals surface area contributed by atoms with Crippen molar-refractivity contribution >= 4 is 28.2 Å². The molecule has 5 nitrogen and oxygen atoms in total. The molecule has 0 fully saturated rings. The summed E-state index contributed by atoms with van der Waals surface area (Å²) in [5, 5.41) is 3.37. The zero-order valence-corrected chi connectivity index (χ0v) is 15.4. The number of amides is 1. The van der Waals surface area contributed by atoms with E-state index in [1.807, 2.05) is 32.0 Å². The number of thiophene rings is 1. The van der Waals surface area contributed by atoms with E-state index in [2.05, 4.69) is 5.32 Å². The van der Waals surface area contributed by atoms with E-state index in [4.69, 9.17) is 9.47 Å². The maximum Gasteiger partial charge on any atom is 0.341 e. The van der Waals surface area contributed by atoms with Crippen LogP contribution in [0.2, 0.25) is 0 Å². The maximum atomic E-state index is 12.3. The number of carbonyl (C=O) groups is 2. The number of benzene rings is 1. The minimum absolute atomic E-state index is 0.104. The van der Waals surface area contributed by atoms with Gasteiger partial charge in [-0.15, -0.1) is 11.3 Å². The first-order chi connectivity index (χ1) is 12.0. The highest BCUT2D eigenvalue weighted by molar-refractivity contribution is 7.17. The average Bonchev–Trinajstić information content (AvgIpc) is 3.15. The number of aryl methyl sites for hydroxylation is 3. The molecule has 0 unspecified atom stereocenters. The number of nitrogens with one attached hydrogen (secondary N) is 1. The molecule has 1 aliphatic carbocycles. The number of rotatable bonds is 5. The van der Waals surface area contributed by atoms with E-state index in [0.717, 1.165) is 40.8 Å². The Kier molecular flexibility index (Phi) is 5.08. The second kappa shape index (κ2) is 7.27. The molecule has 25 heavy (non-hydrogen) atoms. The van der Waals surface area contributed by atoms with Crippen molar-refractivity contribution in [3.63, 3.8) is 0 Å². The van der Waals surface area contributed by atoms with Gasteiger partial charge in [-0.2, -0.15) is 0 Å². The van der Waals surface area contributed by atoms with E-state index in [1.165, 1.54) is 18.4 Å². The van der Waals surface area contributed by atoms with Gasteiger partial charge in [0.05, 0.1) is 12.7 Å². The Morgan fingerprint density at radius 2 is 2.04 bits per heavy atom. The standard InChI is InChI=1S/C19H21NO4S/c1-11-7-8-12(2)14(9-11)24-10-16(21)20-18-17(19(22)23-3)13-5-4-6-15(13)25-18/h7-9H,4-6,10H2,1-3H3,(H,20,21). The number of fused-ring (bicyclic) bond motifs is 1. The highest BCUT2D eigenvalue weighted by Gasteiger charge is 2.28. The molecule has 0 saturated carbocycles. The molecule has 0 radical (unpaired) electrons. The van der Waals surface area contributed by atoms with Crippen molar-refractivity contribution in [1.29, 1.82) is 0 Å². The van der Waals surface area contributed by atoms with Gasteiger partial charge in [-0.05, 0) is 55.9 Å². The zero-order chi connectivity index (χ0) is 18.0. The van der Waals surface area contributed by atoms with E-state index in [1.54, 1.807) is 0 Å². The van der Waals surface area contributed by atoms with E-state index in [9.17, 15) is 9.59 Å². The molecule has 1 aromatic carbocycles. The van der Waals surface area contributed by atoms with Gasteiger partial charge in [0.1, 0.15) is 10.8 Å². The SMILES string of the molecule is COC(=O)c1c(NC(=O)COc2cc(C)ccc2C)sc2c1CCC2. The lowest BCUT2D eigenvalue weighted by Gasteiger charge is -2.10. The number of esters is 1. The third-order valence-corrected chi connectivity index (χ3v) is 5.47. The van der Waals surface area contributed by atoms with E-state index in [0.29, 0.717) is 16.3 Å². The Morgan fingerprint density at radius 3 is 2.80 bits per heavy atom. The lowest BCUT2D eigenvalue weighted by molar-refractivity contribution is -0.118. The molecule has 132 valence electrons. The molecule has 6 heteroatoms. The summed E-state index contributed by atoms with van der Waals surface area (Å²) < 4.78 is 10.5. The third kappa shape index (κ3) is 3.69. The van der Waals surface area contributed by atoms with Crippen molar-refractivity contribution in [2.75, 3.05) is 19.0 Å². The summed E-state index contributed by atoms with van der Waals surface area (Å²) in [6.45, 7) is 3.81. The van der Waals surface area contributed by atoms with Crippen molar-refractivity contribution in [2.45, 2.75) is 33.1 Å². The van der Waals surface area contributed by atoms with Crippen molar-refractivity contribution in [3.8, 4) is 5.75 Å². The quantitative estimate of drug-likeness (QED) is 0.828. The van der Waals surface area contributed by atoms with Crippen LogP contribution in [0.25, 0.3) is 0 Å². The molecule has 0 saturated heterocycles. The summed E-state index contributed by atoms with van der Waals surface area (Å²) in [6, 6.07) is 5.86. The van der Waals surface area contributed by atoms with Gasteiger partial charge < -0.3 is 14.8 Å². The summed E-state index contributed by atoms with van der Waals surface area (Å²) in [4.78, 5) is 25.5. The van der Waals surface area contributed by atoms with Crippen LogP contribution in [0.5, 0.6) is 5.75 Å². The van der Waals surface area contributed by atoms with Crippen LogP contribution in [0, 0.1) is 13.8 Å². The van der Waals surface area contributed by atoms with Crippen LogP contribution in [0.3, 0.4) is 0 Å². The number of anilines is 1. The molecule has 3 rings (SSSR count). The van der Waals surface area contributed by atoms with Crippen LogP contribution in [0.4, 0.5) is 5.00 Å². The number of carbonyl (C=O) groups excluding carboxylic acids is 2. The fraction of sp³-hybridized carbons (Fsp3) is 0.368. The van der Waals surface area contributed by atoms with E-state index < -0.39 is 5.97 Å². The Balaban J connectivity index is 1.71. The molecule has 0 bridgehead atoms. The Bertz CT molecular complexity index is 825. The van der Waals surface area contributed by atoms with Crippen molar-refractivity contribution < 1.29 is 19.1 Å². The van der Waals surface area contributed by atoms with Gasteiger partial charge in [0.25, 0.3) is 5.91 Å². The predicted octanol–water partition coefficient (Wildman–Crippen LogP) is 3.66. The summed E-state index contributed by atoms with van der Waals surface area (Å²) in [7, 11) is 1.36. The van der Waals surface area contributed by atoms with Crippen LogP contribution in [-0.2, 0) is 22.4 Å². The van der Waals surface area contributed by atoms with Crippen molar-refractivity contribution in [1.82, 2.24) is 0 Å². The summed E-state index contributed by atoms with van der Waals surface area (Å²) in [6.07, 6.45) is 2.83. The fourth-order valence-electron chi connectivity index (χ4n) is 2.98. The van der Waals surface area contributed by atoms with Crippen LogP contribution in [0.15, 0.2) is 18.2 Å². The second-order valence-electron chi connectivity index (χ2n) is 6.16. The van der Waals surface area contributed by atoms with Gasteiger partial charge in [0.2, 0.25) is 0 Å². The molecule has 0 atom stereocenters. The maximum absolute atomic E-state index is 12.3. The zero-order valence-electron chi connectivity index (χ0n) is 14.6. The summed E-state index contributed by atoms with van der Waals surface area (Å²) >= 11 is 1.46. The van der Waals surface area contributed by atoms with Gasteiger partial charge in [-0.3, -0.25) is 4.79 Å². The van der Waals surface area contributed by atoms with Crippen LogP contribution in [0.1, 0.15) is 38.3 Å². The van der Waals surface area contributed by atoms with Gasteiger partial charge in [0, 0.05) is 4.88 Å². The number of hydrogen-bond donors (Lipinski definition) is 1. The van der Waals surface area contributed by atoms with Gasteiger partial charge >= 0.3 is 5.97 Å². The van der Waals surface area contributed by atoms with Crippen molar-refractivity contribution in [2.24, 2.45) is 0 Å². The Labute approximate surface area is 151 Å². The van der Waals surface area contributed by atoms with E-state index in [-0.39, 0.29) is 12.5 Å². The van der Waals surface area contributed by atoms with Crippen LogP contribution < -0.4 is 10.1 Å². The Hall–Kier alpha value is -2.34. The number of hydrogen-bond acceptors (Lipinski definition) is 5. The lowest BCUT2D eigenvalue weighted by Crippen LogP contribution is -2.21. The highest BCUT2D eigenvalue weighted by atomic mass is 32.1. The second-order valence-corrected chi connectivity index (χ2v) is 7.26. The lowest BCUT2D eigenvalue weighted by atomic mass is 10.1. The van der Waals surface area contributed by atoms with Crippen molar-refractivity contribution in [3.05, 3.63) is 45.3 Å². The molecule has 1 heterocycles. The molecule has 1 aromatic heterocycles. The number of methoxy groups -OCH3 is 1. The molecule has 0 spiro atoms. The average molecular weight is 359 g/mol. The fourth-order valence-corrected chi connectivity index (χ4v) is 4.27. The van der Waals surface area contributed by atoms with E-state index >= 15 is 0 Å². The molecule has 1 N–H and O–H groups in total. The topological polar surface area (TPSA) is 64.6 Å². The molecular formula is C19H21NO4S. The number of ether oxygens (including phenoxy) is 2. The molecule has 1 aliphatic rings. The normalized spacial score (nSPS) is 12.6. The molecule has 2 aromatic rings. The van der Waals surface area contributed by atoms with Crippen LogP contribution in [-0.4, -0.2) is 25.6 Å². The third-order valence-electron chi connectivity index (χ3n) is 4.27. The first-order valence-electron chi connectivity index (χ1n) is 8.22. The summed E-state index contributed by atoms with van der Waals surface area (Å²) in [5.74, 6) is 0.00754. The monoisotopic (exact) mass is 359 g/mol. The smallest absolute Gasteiger partial charge is 0.341 e. The largest absolute Gasteiger partial charge is 0.483 e. The van der Waals surface area contributed by atoms with Gasteiger partial charge in [0.15, 0.2) is 6.61 Å². The molecule has 1 amide bonds. The Morgan fingerprint density at radius 1 is 1.24 bits per heavy atom. The molecule has 0 aliphatic heterocycles. The highest BCUT2D eigenvalue weighted by Crippen LogP contribution is 2.39. The minimum Gasteiger partial charge on any atom is -0.483 e. The van der Waals surface area contributed by atoms with Crippen LogP contribution >= 0.6 is 11.3 Å². The summed E-state index contributed by atoms with van der Waals surface area (Å²) in [5.41, 5.74) is 3.56. The molecular weight excluding hydrogens is 338 g/mol. The predicted molar refractivity (Wildman–Crippen MR) is 97.7 cm³/mol. The first kappa shape index (κ1) is 17.5. The van der Waals surface area contributed by atoms with Gasteiger partial charge in [-0.1, -0.05) is 12.1 Å². The first-order valence-corrected chi connectivity index (χ1v) is 9.04.